The van der Waals surface area contributed by atoms with Crippen LogP contribution in [0.1, 0.15) is 11.1 Å². The lowest BCUT2D eigenvalue weighted by molar-refractivity contribution is 0.135. The van der Waals surface area contributed by atoms with E-state index in [1.54, 1.807) is 0 Å². The highest BCUT2D eigenvalue weighted by Crippen LogP contribution is 2.10. The first-order valence-corrected chi connectivity index (χ1v) is 4.52. The fourth-order valence-electron chi connectivity index (χ4n) is 0.883. The number of carbonyl (C=O) groups is 2. The van der Waals surface area contributed by atoms with E-state index in [1.165, 1.54) is 0 Å². The van der Waals surface area contributed by atoms with Gasteiger partial charge in [0.15, 0.2) is 0 Å². The summed E-state index contributed by atoms with van der Waals surface area (Å²) < 4.78 is 0. The molecule has 4 N–H and O–H groups in total. The molecular weight excluding hydrogens is 240 g/mol. The lowest BCUT2D eigenvalue weighted by atomic mass is 10.1. The van der Waals surface area contributed by atoms with E-state index in [2.05, 4.69) is 13.2 Å². The zero-order valence-corrected chi connectivity index (χ0v) is 9.48. The summed E-state index contributed by atoms with van der Waals surface area (Å²) in [5, 5.41) is 27.9. The van der Waals surface area contributed by atoms with Crippen LogP contribution in [0.4, 0.5) is 9.59 Å². The number of hydrogen-bond donors (Lipinski definition) is 4. The van der Waals surface area contributed by atoms with Crippen LogP contribution >= 0.6 is 0 Å². The Labute approximate surface area is 104 Å². The maximum Gasteiger partial charge on any atom is 0.503 e. The standard InChI is InChI=1S/C10H10.2CH2O3/c1-3-9-7-5-6-8-10(9)4-2;2*2-1(3)4/h3-8H,1-2H2;2*(H2,2,3,4). The molecule has 6 nitrogen and oxygen atoms in total. The maximum absolute atomic E-state index is 8.56. The Morgan fingerprint density at radius 3 is 1.22 bits per heavy atom. The van der Waals surface area contributed by atoms with Crippen LogP contribution in [0.15, 0.2) is 37.4 Å². The third kappa shape index (κ3) is 13.2. The molecule has 0 unspecified atom stereocenters. The monoisotopic (exact) mass is 254 g/mol. The molecular formula is C12H14O6. The summed E-state index contributed by atoms with van der Waals surface area (Å²) >= 11 is 0. The minimum absolute atomic E-state index is 1.14. The smallest absolute Gasteiger partial charge is 0.450 e. The number of hydrogen-bond acceptors (Lipinski definition) is 2. The molecule has 0 aliphatic heterocycles. The summed E-state index contributed by atoms with van der Waals surface area (Å²) in [5.41, 5.74) is 2.27. The Morgan fingerprint density at radius 2 is 1.06 bits per heavy atom. The van der Waals surface area contributed by atoms with Crippen LogP contribution in [0.3, 0.4) is 0 Å². The second-order valence-corrected chi connectivity index (χ2v) is 2.60. The van der Waals surface area contributed by atoms with Crippen LogP contribution < -0.4 is 0 Å². The second kappa shape index (κ2) is 10.7. The van der Waals surface area contributed by atoms with E-state index >= 15 is 0 Å². The molecule has 1 aromatic rings. The van der Waals surface area contributed by atoms with Gasteiger partial charge in [0.1, 0.15) is 0 Å². The van der Waals surface area contributed by atoms with Crippen LogP contribution in [0.25, 0.3) is 12.2 Å². The Bertz CT molecular complexity index is 364. The van der Waals surface area contributed by atoms with Gasteiger partial charge in [0, 0.05) is 0 Å². The fourth-order valence-corrected chi connectivity index (χ4v) is 0.883. The van der Waals surface area contributed by atoms with Gasteiger partial charge in [-0.05, 0) is 11.1 Å². The van der Waals surface area contributed by atoms with Crippen molar-refractivity contribution >= 4 is 24.5 Å². The first-order chi connectivity index (χ1) is 8.34. The molecule has 0 fully saturated rings. The molecule has 0 atom stereocenters. The SMILES string of the molecule is C=Cc1ccccc1C=C.O=C(O)O.O=C(O)O. The molecule has 0 bridgehead atoms. The van der Waals surface area contributed by atoms with Crippen molar-refractivity contribution in [2.75, 3.05) is 0 Å². The minimum atomic E-state index is -1.83. The zero-order chi connectivity index (χ0) is 14.6. The van der Waals surface area contributed by atoms with Crippen molar-refractivity contribution in [2.45, 2.75) is 0 Å². The summed E-state index contributed by atoms with van der Waals surface area (Å²) in [6.07, 6.45) is -0.00593. The van der Waals surface area contributed by atoms with E-state index < -0.39 is 12.3 Å². The molecule has 6 heteroatoms. The Balaban J connectivity index is 0. The first kappa shape index (κ1) is 17.6. The van der Waals surface area contributed by atoms with E-state index in [9.17, 15) is 0 Å². The van der Waals surface area contributed by atoms with Crippen molar-refractivity contribution in [3.05, 3.63) is 48.6 Å². The Hall–Kier alpha value is -2.76. The fraction of sp³-hybridized carbons (Fsp3) is 0. The van der Waals surface area contributed by atoms with Gasteiger partial charge in [0.25, 0.3) is 0 Å². The second-order valence-electron chi connectivity index (χ2n) is 2.60. The van der Waals surface area contributed by atoms with E-state index in [0.29, 0.717) is 0 Å². The molecule has 0 amide bonds. The van der Waals surface area contributed by atoms with Gasteiger partial charge < -0.3 is 20.4 Å². The molecule has 0 radical (unpaired) electrons. The van der Waals surface area contributed by atoms with Gasteiger partial charge in [-0.1, -0.05) is 49.6 Å². The van der Waals surface area contributed by atoms with E-state index in [-0.39, 0.29) is 0 Å². The van der Waals surface area contributed by atoms with E-state index in [1.807, 2.05) is 36.4 Å². The average Bonchev–Trinajstić information content (AvgIpc) is 2.27. The predicted molar refractivity (Wildman–Crippen MR) is 67.9 cm³/mol. The third-order valence-corrected chi connectivity index (χ3v) is 1.44. The Kier molecular flexibility index (Phi) is 10.5. The Morgan fingerprint density at radius 1 is 0.833 bits per heavy atom. The summed E-state index contributed by atoms with van der Waals surface area (Å²) in [4.78, 5) is 17.1. The van der Waals surface area contributed by atoms with Crippen LogP contribution in [0.2, 0.25) is 0 Å². The molecule has 0 saturated carbocycles. The molecule has 1 aromatic carbocycles. The largest absolute Gasteiger partial charge is 0.503 e. The van der Waals surface area contributed by atoms with Crippen LogP contribution in [0, 0.1) is 0 Å². The quantitative estimate of drug-likeness (QED) is 0.642. The highest BCUT2D eigenvalue weighted by atomic mass is 16.6. The summed E-state index contributed by atoms with van der Waals surface area (Å²) in [5.74, 6) is 0. The number of benzene rings is 1. The van der Waals surface area contributed by atoms with Gasteiger partial charge in [0.05, 0.1) is 0 Å². The molecule has 0 heterocycles. The number of carboxylic acid groups (broad SMARTS) is 4. The highest BCUT2D eigenvalue weighted by Gasteiger charge is 1.89. The van der Waals surface area contributed by atoms with Gasteiger partial charge >= 0.3 is 12.3 Å². The van der Waals surface area contributed by atoms with Crippen molar-refractivity contribution < 1.29 is 30.0 Å². The number of rotatable bonds is 2. The summed E-state index contributed by atoms with van der Waals surface area (Å²) in [7, 11) is 0. The van der Waals surface area contributed by atoms with Crippen LogP contribution in [-0.2, 0) is 0 Å². The molecule has 0 aliphatic carbocycles. The molecule has 18 heavy (non-hydrogen) atoms. The normalized spacial score (nSPS) is 7.56. The van der Waals surface area contributed by atoms with E-state index in [0.717, 1.165) is 11.1 Å². The predicted octanol–water partition coefficient (Wildman–Crippen LogP) is 3.42. The molecule has 0 saturated heterocycles. The van der Waals surface area contributed by atoms with Crippen molar-refractivity contribution in [2.24, 2.45) is 0 Å². The molecule has 98 valence electrons. The van der Waals surface area contributed by atoms with Gasteiger partial charge in [-0.2, -0.15) is 0 Å². The van der Waals surface area contributed by atoms with Crippen LogP contribution in [0.5, 0.6) is 0 Å². The van der Waals surface area contributed by atoms with Crippen molar-refractivity contribution in [1.82, 2.24) is 0 Å². The summed E-state index contributed by atoms with van der Waals surface area (Å²) in [6.45, 7) is 7.38. The molecule has 1 rings (SSSR count). The zero-order valence-electron chi connectivity index (χ0n) is 9.48. The minimum Gasteiger partial charge on any atom is -0.450 e. The average molecular weight is 254 g/mol. The molecule has 0 spiro atoms. The lowest BCUT2D eigenvalue weighted by Crippen LogP contribution is -1.81. The van der Waals surface area contributed by atoms with Gasteiger partial charge in [0.2, 0.25) is 0 Å². The third-order valence-electron chi connectivity index (χ3n) is 1.44. The van der Waals surface area contributed by atoms with E-state index in [4.69, 9.17) is 30.0 Å². The van der Waals surface area contributed by atoms with Crippen molar-refractivity contribution in [1.29, 1.82) is 0 Å². The molecule has 0 aliphatic rings. The lowest BCUT2D eigenvalue weighted by Gasteiger charge is -1.96. The van der Waals surface area contributed by atoms with Crippen LogP contribution in [-0.4, -0.2) is 32.7 Å². The summed E-state index contributed by atoms with van der Waals surface area (Å²) in [6, 6.07) is 8.02. The topological polar surface area (TPSA) is 115 Å². The van der Waals surface area contributed by atoms with Gasteiger partial charge in [-0.3, -0.25) is 0 Å². The molecule has 0 aromatic heterocycles. The first-order valence-electron chi connectivity index (χ1n) is 4.52. The van der Waals surface area contributed by atoms with Gasteiger partial charge in [-0.15, -0.1) is 0 Å². The van der Waals surface area contributed by atoms with Gasteiger partial charge in [-0.25, -0.2) is 9.59 Å². The van der Waals surface area contributed by atoms with Crippen molar-refractivity contribution in [3.8, 4) is 0 Å². The van der Waals surface area contributed by atoms with Crippen molar-refractivity contribution in [3.63, 3.8) is 0 Å². The highest BCUT2D eigenvalue weighted by molar-refractivity contribution is 5.63. The maximum atomic E-state index is 8.56.